The Bertz CT molecular complexity index is 502. The van der Waals surface area contributed by atoms with Crippen LogP contribution in [0.3, 0.4) is 0 Å². The Hall–Kier alpha value is -1.95. The van der Waals surface area contributed by atoms with E-state index in [0.29, 0.717) is 30.3 Å². The third kappa shape index (κ3) is 2.65. The third-order valence-electron chi connectivity index (χ3n) is 2.83. The SMILES string of the molecule is CCOC1(CC)Oc2cccc(OC(=O)N(C)C)c2O1. The summed E-state index contributed by atoms with van der Waals surface area (Å²) >= 11 is 0. The highest BCUT2D eigenvalue weighted by molar-refractivity contribution is 5.72. The number of benzene rings is 1. The fraction of sp³-hybridized carbons (Fsp3) is 0.500. The van der Waals surface area contributed by atoms with Gasteiger partial charge in [-0.15, -0.1) is 0 Å². The van der Waals surface area contributed by atoms with Gasteiger partial charge in [-0.3, -0.25) is 0 Å². The van der Waals surface area contributed by atoms with Crippen molar-refractivity contribution in [3.63, 3.8) is 0 Å². The highest BCUT2D eigenvalue weighted by atomic mass is 16.9. The second kappa shape index (κ2) is 5.58. The zero-order valence-corrected chi connectivity index (χ0v) is 12.1. The molecule has 0 fully saturated rings. The minimum absolute atomic E-state index is 0.316. The van der Waals surface area contributed by atoms with Gasteiger partial charge in [0.1, 0.15) is 0 Å². The van der Waals surface area contributed by atoms with Crippen molar-refractivity contribution >= 4 is 6.09 Å². The van der Waals surface area contributed by atoms with Crippen molar-refractivity contribution in [2.24, 2.45) is 0 Å². The first-order valence-corrected chi connectivity index (χ1v) is 6.55. The molecular formula is C14H19NO5. The average molecular weight is 281 g/mol. The molecule has 0 aromatic heterocycles. The Morgan fingerprint density at radius 2 is 2.05 bits per heavy atom. The summed E-state index contributed by atoms with van der Waals surface area (Å²) < 4.78 is 22.3. The smallest absolute Gasteiger partial charge is 0.414 e. The number of carbonyl (C=O) groups is 1. The Balaban J connectivity index is 2.26. The monoisotopic (exact) mass is 281 g/mol. The Morgan fingerprint density at radius 3 is 2.65 bits per heavy atom. The Labute approximate surface area is 118 Å². The number of nitrogens with zero attached hydrogens (tertiary/aromatic N) is 1. The molecule has 1 atom stereocenters. The van der Waals surface area contributed by atoms with Crippen LogP contribution in [0.15, 0.2) is 18.2 Å². The maximum Gasteiger partial charge on any atom is 0.414 e. The van der Waals surface area contributed by atoms with Crippen LogP contribution in [0.25, 0.3) is 0 Å². The highest BCUT2D eigenvalue weighted by Gasteiger charge is 2.43. The molecule has 0 saturated heterocycles. The largest absolute Gasteiger partial charge is 0.426 e. The van der Waals surface area contributed by atoms with Crippen LogP contribution in [-0.4, -0.2) is 37.7 Å². The summed E-state index contributed by atoms with van der Waals surface area (Å²) in [5.41, 5.74) is 0. The number of carbonyl (C=O) groups excluding carboxylic acids is 1. The summed E-state index contributed by atoms with van der Waals surface area (Å²) in [6.45, 7) is 4.21. The van der Waals surface area contributed by atoms with Crippen molar-refractivity contribution in [3.8, 4) is 17.2 Å². The molecule has 0 aliphatic carbocycles. The van der Waals surface area contributed by atoms with Gasteiger partial charge in [-0.05, 0) is 19.1 Å². The molecule has 1 aliphatic rings. The van der Waals surface area contributed by atoms with Crippen LogP contribution in [0.5, 0.6) is 17.2 Å². The summed E-state index contributed by atoms with van der Waals surface area (Å²) in [5.74, 6) is 0.0659. The summed E-state index contributed by atoms with van der Waals surface area (Å²) in [6.07, 6.45) is 0.0313. The van der Waals surface area contributed by atoms with Gasteiger partial charge in [-0.2, -0.15) is 0 Å². The lowest BCUT2D eigenvalue weighted by molar-refractivity contribution is -0.281. The summed E-state index contributed by atoms with van der Waals surface area (Å²) in [4.78, 5) is 13.0. The van der Waals surface area contributed by atoms with Crippen LogP contribution in [0.4, 0.5) is 4.79 Å². The van der Waals surface area contributed by atoms with Gasteiger partial charge in [0.2, 0.25) is 5.75 Å². The van der Waals surface area contributed by atoms with Gasteiger partial charge in [-0.1, -0.05) is 13.0 Å². The van der Waals surface area contributed by atoms with Crippen molar-refractivity contribution in [3.05, 3.63) is 18.2 Å². The minimum Gasteiger partial charge on any atom is -0.426 e. The van der Waals surface area contributed by atoms with Gasteiger partial charge in [0.15, 0.2) is 11.5 Å². The predicted octanol–water partition coefficient (Wildman–Crippen LogP) is 2.62. The maximum absolute atomic E-state index is 11.6. The number of hydrogen-bond donors (Lipinski definition) is 0. The maximum atomic E-state index is 11.6. The fourth-order valence-corrected chi connectivity index (χ4v) is 1.81. The topological polar surface area (TPSA) is 57.2 Å². The molecule has 0 radical (unpaired) electrons. The van der Waals surface area contributed by atoms with Crippen molar-refractivity contribution in [2.45, 2.75) is 26.2 Å². The van der Waals surface area contributed by atoms with E-state index in [1.807, 2.05) is 13.8 Å². The first-order valence-electron chi connectivity index (χ1n) is 6.55. The van der Waals surface area contributed by atoms with E-state index in [4.69, 9.17) is 18.9 Å². The van der Waals surface area contributed by atoms with E-state index in [9.17, 15) is 4.79 Å². The quantitative estimate of drug-likeness (QED) is 0.849. The van der Waals surface area contributed by atoms with Gasteiger partial charge in [0.25, 0.3) is 0 Å². The number of para-hydroxylation sites is 1. The molecular weight excluding hydrogens is 262 g/mol. The van der Waals surface area contributed by atoms with E-state index < -0.39 is 12.1 Å². The summed E-state index contributed by atoms with van der Waals surface area (Å²) in [6, 6.07) is 5.14. The molecule has 2 rings (SSSR count). The number of amides is 1. The van der Waals surface area contributed by atoms with Crippen LogP contribution >= 0.6 is 0 Å². The molecule has 1 aromatic rings. The molecule has 0 N–H and O–H groups in total. The fourth-order valence-electron chi connectivity index (χ4n) is 1.81. The van der Waals surface area contributed by atoms with Crippen LogP contribution in [0, 0.1) is 0 Å². The second-order valence-electron chi connectivity index (χ2n) is 4.52. The summed E-state index contributed by atoms with van der Waals surface area (Å²) in [7, 11) is 3.22. The molecule has 0 bridgehead atoms. The molecule has 1 heterocycles. The van der Waals surface area contributed by atoms with E-state index in [0.717, 1.165) is 0 Å². The van der Waals surface area contributed by atoms with E-state index in [2.05, 4.69) is 0 Å². The lowest BCUT2D eigenvalue weighted by atomic mass is 10.3. The third-order valence-corrected chi connectivity index (χ3v) is 2.83. The van der Waals surface area contributed by atoms with E-state index in [-0.39, 0.29) is 0 Å². The van der Waals surface area contributed by atoms with E-state index in [1.54, 1.807) is 32.3 Å². The molecule has 20 heavy (non-hydrogen) atoms. The number of fused-ring (bicyclic) bond motifs is 1. The van der Waals surface area contributed by atoms with E-state index >= 15 is 0 Å². The lowest BCUT2D eigenvalue weighted by Gasteiger charge is -2.25. The zero-order chi connectivity index (χ0) is 14.8. The minimum atomic E-state index is -1.14. The van der Waals surface area contributed by atoms with Crippen molar-refractivity contribution in [2.75, 3.05) is 20.7 Å². The first kappa shape index (κ1) is 14.5. The summed E-state index contributed by atoms with van der Waals surface area (Å²) in [5, 5.41) is 0. The van der Waals surface area contributed by atoms with Gasteiger partial charge in [0, 0.05) is 14.1 Å². The number of ether oxygens (including phenoxy) is 4. The van der Waals surface area contributed by atoms with Gasteiger partial charge >= 0.3 is 12.1 Å². The molecule has 110 valence electrons. The van der Waals surface area contributed by atoms with Crippen molar-refractivity contribution in [1.29, 1.82) is 0 Å². The molecule has 6 heteroatoms. The second-order valence-corrected chi connectivity index (χ2v) is 4.52. The molecule has 6 nitrogen and oxygen atoms in total. The molecule has 0 saturated carbocycles. The number of hydrogen-bond acceptors (Lipinski definition) is 5. The van der Waals surface area contributed by atoms with Crippen molar-refractivity contribution < 1.29 is 23.7 Å². The molecule has 0 spiro atoms. The predicted molar refractivity (Wildman–Crippen MR) is 72.1 cm³/mol. The highest BCUT2D eigenvalue weighted by Crippen LogP contribution is 2.47. The van der Waals surface area contributed by atoms with Gasteiger partial charge in [-0.25, -0.2) is 4.79 Å². The van der Waals surface area contributed by atoms with E-state index in [1.165, 1.54) is 4.90 Å². The van der Waals surface area contributed by atoms with Crippen LogP contribution < -0.4 is 14.2 Å². The molecule has 1 amide bonds. The Morgan fingerprint density at radius 1 is 1.30 bits per heavy atom. The standard InChI is InChI=1S/C14H19NO5/c1-5-14(17-6-2)19-11-9-7-8-10(12(11)20-14)18-13(16)15(3)4/h7-9H,5-6H2,1-4H3. The number of rotatable bonds is 4. The first-order chi connectivity index (χ1) is 9.51. The zero-order valence-electron chi connectivity index (χ0n) is 12.1. The van der Waals surface area contributed by atoms with Crippen molar-refractivity contribution in [1.82, 2.24) is 4.90 Å². The Kier molecular flexibility index (Phi) is 4.04. The van der Waals surface area contributed by atoms with Gasteiger partial charge in [0.05, 0.1) is 13.0 Å². The molecule has 1 unspecified atom stereocenters. The van der Waals surface area contributed by atoms with Crippen LogP contribution in [0.1, 0.15) is 20.3 Å². The average Bonchev–Trinajstić information content (AvgIpc) is 2.79. The molecule has 1 aromatic carbocycles. The van der Waals surface area contributed by atoms with Crippen LogP contribution in [-0.2, 0) is 4.74 Å². The normalized spacial score (nSPS) is 19.8. The van der Waals surface area contributed by atoms with Crippen LogP contribution in [0.2, 0.25) is 0 Å². The van der Waals surface area contributed by atoms with Gasteiger partial charge < -0.3 is 23.8 Å². The molecule has 1 aliphatic heterocycles. The lowest BCUT2D eigenvalue weighted by Crippen LogP contribution is -2.41.